The Morgan fingerprint density at radius 3 is 2.69 bits per heavy atom. The summed E-state index contributed by atoms with van der Waals surface area (Å²) < 4.78 is 39.2. The van der Waals surface area contributed by atoms with Gasteiger partial charge in [-0.05, 0) is 41.7 Å². The van der Waals surface area contributed by atoms with Crippen molar-refractivity contribution in [1.29, 1.82) is 0 Å². The third-order valence-electron chi connectivity index (χ3n) is 5.13. The first-order valence-electron chi connectivity index (χ1n) is 8.23. The molecule has 0 spiro atoms. The number of hydrogen-bond donors (Lipinski definition) is 1. The molecule has 0 fully saturated rings. The van der Waals surface area contributed by atoms with Crippen LogP contribution in [0.5, 0.6) is 0 Å². The number of allylic oxidation sites excluding steroid dienone is 2. The zero-order chi connectivity index (χ0) is 18.5. The van der Waals surface area contributed by atoms with Crippen molar-refractivity contribution in [3.05, 3.63) is 81.4 Å². The van der Waals surface area contributed by atoms with Crippen LogP contribution in [0.15, 0.2) is 54.6 Å². The molecule has 0 unspecified atom stereocenters. The first-order valence-corrected chi connectivity index (χ1v) is 8.23. The molecule has 26 heavy (non-hydrogen) atoms. The Morgan fingerprint density at radius 1 is 1.15 bits per heavy atom. The molecular weight excluding hydrogens is 345 g/mol. The van der Waals surface area contributed by atoms with Gasteiger partial charge in [-0.1, -0.05) is 24.3 Å². The summed E-state index contributed by atoms with van der Waals surface area (Å²) in [7, 11) is 0. The predicted octanol–water partition coefficient (Wildman–Crippen LogP) is 5.44. The molecular formula is C19H15F3N2O2. The molecule has 1 N–H and O–H groups in total. The van der Waals surface area contributed by atoms with Crippen molar-refractivity contribution in [2.24, 2.45) is 5.92 Å². The fourth-order valence-corrected chi connectivity index (χ4v) is 3.93. The minimum atomic E-state index is -4.39. The highest BCUT2D eigenvalue weighted by molar-refractivity contribution is 5.61. The van der Waals surface area contributed by atoms with E-state index in [1.807, 2.05) is 18.2 Å². The average molecular weight is 360 g/mol. The minimum absolute atomic E-state index is 0.00465. The third kappa shape index (κ3) is 2.73. The molecule has 1 heterocycles. The summed E-state index contributed by atoms with van der Waals surface area (Å²) >= 11 is 0. The van der Waals surface area contributed by atoms with Crippen molar-refractivity contribution in [3.8, 4) is 0 Å². The van der Waals surface area contributed by atoms with Crippen LogP contribution in [0.25, 0.3) is 0 Å². The van der Waals surface area contributed by atoms with Crippen molar-refractivity contribution in [1.82, 2.24) is 0 Å². The molecule has 1 aliphatic carbocycles. The second kappa shape index (κ2) is 5.86. The quantitative estimate of drug-likeness (QED) is 0.441. The fourth-order valence-electron chi connectivity index (χ4n) is 3.93. The Kier molecular flexibility index (Phi) is 3.75. The van der Waals surface area contributed by atoms with Crippen molar-refractivity contribution < 1.29 is 18.1 Å². The average Bonchev–Trinajstić information content (AvgIpc) is 3.10. The highest BCUT2D eigenvalue weighted by Gasteiger charge is 2.40. The van der Waals surface area contributed by atoms with Crippen LogP contribution in [0, 0.1) is 16.0 Å². The fraction of sp³-hybridized carbons (Fsp3) is 0.263. The van der Waals surface area contributed by atoms with Crippen LogP contribution in [0.3, 0.4) is 0 Å². The number of anilines is 1. The summed E-state index contributed by atoms with van der Waals surface area (Å²) in [5.74, 6) is -0.120. The van der Waals surface area contributed by atoms with Crippen LogP contribution < -0.4 is 5.32 Å². The van der Waals surface area contributed by atoms with Crippen LogP contribution in [0.4, 0.5) is 24.5 Å². The molecule has 4 rings (SSSR count). The first-order chi connectivity index (χ1) is 12.3. The van der Waals surface area contributed by atoms with Gasteiger partial charge in [0.25, 0.3) is 5.69 Å². The number of nitrogens with zero attached hydrogens (tertiary/aromatic N) is 1. The van der Waals surface area contributed by atoms with E-state index in [0.29, 0.717) is 17.7 Å². The summed E-state index contributed by atoms with van der Waals surface area (Å²) in [5.41, 5.74) is 1.38. The lowest BCUT2D eigenvalue weighted by atomic mass is 9.76. The Hall–Kier alpha value is -2.83. The van der Waals surface area contributed by atoms with E-state index in [2.05, 4.69) is 5.32 Å². The topological polar surface area (TPSA) is 55.2 Å². The van der Waals surface area contributed by atoms with Crippen LogP contribution in [0.2, 0.25) is 0 Å². The van der Waals surface area contributed by atoms with Gasteiger partial charge in [-0.2, -0.15) is 13.2 Å². The molecule has 1 aliphatic heterocycles. The lowest BCUT2D eigenvalue weighted by molar-refractivity contribution is -0.384. The Labute approximate surface area is 147 Å². The number of fused-ring (bicyclic) bond motifs is 3. The number of non-ortho nitro benzene ring substituents is 1. The zero-order valence-electron chi connectivity index (χ0n) is 13.5. The van der Waals surface area contributed by atoms with Gasteiger partial charge in [0.05, 0.1) is 16.5 Å². The largest absolute Gasteiger partial charge is 0.416 e. The van der Waals surface area contributed by atoms with E-state index in [-0.39, 0.29) is 23.6 Å². The van der Waals surface area contributed by atoms with Gasteiger partial charge in [0, 0.05) is 23.7 Å². The number of benzene rings is 2. The molecule has 2 aromatic rings. The number of rotatable bonds is 2. The molecule has 3 atom stereocenters. The molecule has 0 aromatic heterocycles. The summed E-state index contributed by atoms with van der Waals surface area (Å²) in [5, 5.41) is 14.4. The summed E-state index contributed by atoms with van der Waals surface area (Å²) in [6.45, 7) is 0. The molecule has 4 nitrogen and oxygen atoms in total. The molecule has 0 saturated heterocycles. The zero-order valence-corrected chi connectivity index (χ0v) is 13.5. The predicted molar refractivity (Wildman–Crippen MR) is 90.9 cm³/mol. The number of nitro benzene ring substituents is 1. The van der Waals surface area contributed by atoms with Crippen molar-refractivity contribution in [2.75, 3.05) is 5.32 Å². The molecule has 0 radical (unpaired) electrons. The van der Waals surface area contributed by atoms with Crippen LogP contribution in [0.1, 0.15) is 35.1 Å². The normalized spacial score (nSPS) is 23.9. The lowest BCUT2D eigenvalue weighted by Gasteiger charge is -2.37. The molecule has 2 aliphatic rings. The minimum Gasteiger partial charge on any atom is -0.378 e. The Morgan fingerprint density at radius 2 is 1.96 bits per heavy atom. The van der Waals surface area contributed by atoms with Crippen LogP contribution in [-0.4, -0.2) is 4.92 Å². The van der Waals surface area contributed by atoms with Gasteiger partial charge in [-0.3, -0.25) is 10.1 Å². The van der Waals surface area contributed by atoms with E-state index in [4.69, 9.17) is 0 Å². The van der Waals surface area contributed by atoms with E-state index in [1.54, 1.807) is 6.07 Å². The van der Waals surface area contributed by atoms with Gasteiger partial charge in [0.1, 0.15) is 0 Å². The van der Waals surface area contributed by atoms with E-state index in [0.717, 1.165) is 11.6 Å². The maximum atomic E-state index is 13.1. The van der Waals surface area contributed by atoms with Gasteiger partial charge in [-0.15, -0.1) is 0 Å². The van der Waals surface area contributed by atoms with Gasteiger partial charge < -0.3 is 5.32 Å². The third-order valence-corrected chi connectivity index (χ3v) is 5.13. The molecule has 0 saturated carbocycles. The highest BCUT2D eigenvalue weighted by atomic mass is 19.4. The molecule has 134 valence electrons. The van der Waals surface area contributed by atoms with Crippen molar-refractivity contribution >= 4 is 11.4 Å². The second-order valence-electron chi connectivity index (χ2n) is 6.63. The maximum absolute atomic E-state index is 13.1. The van der Waals surface area contributed by atoms with Crippen LogP contribution >= 0.6 is 0 Å². The lowest BCUT2D eigenvalue weighted by Crippen LogP contribution is -2.29. The maximum Gasteiger partial charge on any atom is 0.416 e. The van der Waals surface area contributed by atoms with E-state index in [1.165, 1.54) is 24.3 Å². The van der Waals surface area contributed by atoms with E-state index in [9.17, 15) is 23.3 Å². The first kappa shape index (κ1) is 16.6. The smallest absolute Gasteiger partial charge is 0.378 e. The second-order valence-corrected chi connectivity index (χ2v) is 6.63. The number of nitro groups is 1. The number of halogens is 3. The monoisotopic (exact) mass is 360 g/mol. The number of hydrogen-bond acceptors (Lipinski definition) is 3. The van der Waals surface area contributed by atoms with Gasteiger partial charge >= 0.3 is 6.18 Å². The van der Waals surface area contributed by atoms with Crippen molar-refractivity contribution in [2.45, 2.75) is 24.6 Å². The Balaban J connectivity index is 1.76. The standard InChI is InChI=1S/C19H15F3N2O2/c20-19(21,22)12-7-8-17-16(10-12)14-5-2-6-15(14)18(23-17)11-3-1-4-13(9-11)24(25)26/h1-5,7-10,14-15,18,23H,6H2/t14-,15-,18-/m0/s1. The van der Waals surface area contributed by atoms with Crippen molar-refractivity contribution in [3.63, 3.8) is 0 Å². The van der Waals surface area contributed by atoms with Crippen LogP contribution in [-0.2, 0) is 6.18 Å². The molecule has 0 amide bonds. The molecule has 7 heteroatoms. The van der Waals surface area contributed by atoms with Gasteiger partial charge in [0.15, 0.2) is 0 Å². The SMILES string of the molecule is O=[N+]([O-])c1cccc([C@@H]2Nc3ccc(C(F)(F)F)cc3[C@H]3C=CC[C@@H]32)c1. The Bertz CT molecular complexity index is 908. The summed E-state index contributed by atoms with van der Waals surface area (Å²) in [4.78, 5) is 10.6. The number of nitrogens with one attached hydrogen (secondary N) is 1. The van der Waals surface area contributed by atoms with Gasteiger partial charge in [-0.25, -0.2) is 0 Å². The summed E-state index contributed by atoms with van der Waals surface area (Å²) in [6.07, 6.45) is 0.232. The van der Waals surface area contributed by atoms with E-state index < -0.39 is 16.7 Å². The molecule has 2 aromatic carbocycles. The van der Waals surface area contributed by atoms with E-state index >= 15 is 0 Å². The van der Waals surface area contributed by atoms with Gasteiger partial charge in [0.2, 0.25) is 0 Å². The summed E-state index contributed by atoms with van der Waals surface area (Å²) in [6, 6.07) is 9.94. The molecule has 0 bridgehead atoms. The number of alkyl halides is 3. The highest BCUT2D eigenvalue weighted by Crippen LogP contribution is 2.50.